The second-order valence-electron chi connectivity index (χ2n) is 6.74. The van der Waals surface area contributed by atoms with E-state index in [1.165, 1.54) is 0 Å². The van der Waals surface area contributed by atoms with E-state index in [1.807, 2.05) is 54.6 Å². The van der Waals surface area contributed by atoms with Crippen LogP contribution in [-0.2, 0) is 6.42 Å². The molecule has 1 N–H and O–H groups in total. The van der Waals surface area contributed by atoms with E-state index in [0.717, 1.165) is 46.1 Å². The third kappa shape index (κ3) is 2.97. The Morgan fingerprint density at radius 2 is 1.86 bits per heavy atom. The molecule has 0 fully saturated rings. The zero-order chi connectivity index (χ0) is 18.9. The van der Waals surface area contributed by atoms with Crippen LogP contribution in [0.2, 0.25) is 0 Å². The topological polar surface area (TPSA) is 67.9 Å². The molecule has 0 radical (unpaired) electrons. The highest BCUT2D eigenvalue weighted by Gasteiger charge is 2.25. The molecule has 0 amide bonds. The first-order valence-corrected chi connectivity index (χ1v) is 9.17. The number of fused-ring (bicyclic) bond motifs is 3. The molecule has 5 heteroatoms. The van der Waals surface area contributed by atoms with Crippen LogP contribution in [0.3, 0.4) is 0 Å². The van der Waals surface area contributed by atoms with Gasteiger partial charge in [0.25, 0.3) is 0 Å². The van der Waals surface area contributed by atoms with Crippen molar-refractivity contribution in [2.45, 2.75) is 12.8 Å². The number of benzene rings is 2. The van der Waals surface area contributed by atoms with E-state index in [9.17, 15) is 4.79 Å². The van der Waals surface area contributed by atoms with Crippen molar-refractivity contribution >= 4 is 22.8 Å². The average molecular weight is 367 g/mol. The van der Waals surface area contributed by atoms with Crippen LogP contribution < -0.4 is 4.74 Å². The second kappa shape index (κ2) is 6.78. The van der Waals surface area contributed by atoms with Crippen molar-refractivity contribution in [2.24, 2.45) is 0 Å². The predicted octanol–water partition coefficient (Wildman–Crippen LogP) is 4.96. The van der Waals surface area contributed by atoms with Gasteiger partial charge in [0.05, 0.1) is 11.8 Å². The maximum Gasteiger partial charge on any atom is 0.237 e. The molecule has 0 atom stereocenters. The fourth-order valence-electron chi connectivity index (χ4n) is 3.61. The standard InChI is InChI=1S/C23H17N3O2/c27-23-16(7-10-20-22(23)18-3-1-2-4-19(18)26-20)13-15-5-8-17(9-6-15)28-21-14-24-11-12-25-21/h1-6,8-9,11-14,26H,7,10H2/b16-13+. The van der Waals surface area contributed by atoms with E-state index in [2.05, 4.69) is 15.0 Å². The van der Waals surface area contributed by atoms with Gasteiger partial charge < -0.3 is 9.72 Å². The molecule has 4 aromatic rings. The summed E-state index contributed by atoms with van der Waals surface area (Å²) in [7, 11) is 0. The summed E-state index contributed by atoms with van der Waals surface area (Å²) in [6.07, 6.45) is 8.30. The summed E-state index contributed by atoms with van der Waals surface area (Å²) in [5, 5.41) is 1.00. The van der Waals surface area contributed by atoms with E-state index in [1.54, 1.807) is 18.6 Å². The number of allylic oxidation sites excluding steroid dienone is 1. The highest BCUT2D eigenvalue weighted by molar-refractivity contribution is 6.19. The number of Topliss-reactive ketones (excluding diaryl/α,β-unsaturated/α-hetero) is 1. The van der Waals surface area contributed by atoms with Crippen LogP contribution in [0.1, 0.15) is 28.0 Å². The van der Waals surface area contributed by atoms with Gasteiger partial charge in [0, 0.05) is 34.6 Å². The maximum absolute atomic E-state index is 13.1. The molecule has 1 aliphatic carbocycles. The van der Waals surface area contributed by atoms with Crippen LogP contribution in [0.4, 0.5) is 0 Å². The molecule has 5 nitrogen and oxygen atoms in total. The van der Waals surface area contributed by atoms with Crippen molar-refractivity contribution in [3.8, 4) is 11.6 Å². The summed E-state index contributed by atoms with van der Waals surface area (Å²) in [5.41, 5.74) is 4.68. The largest absolute Gasteiger partial charge is 0.438 e. The van der Waals surface area contributed by atoms with Gasteiger partial charge in [-0.1, -0.05) is 30.3 Å². The van der Waals surface area contributed by atoms with Crippen molar-refractivity contribution in [1.82, 2.24) is 15.0 Å². The normalized spacial score (nSPS) is 15.0. The summed E-state index contributed by atoms with van der Waals surface area (Å²) in [6, 6.07) is 15.6. The third-order valence-corrected chi connectivity index (χ3v) is 4.93. The number of para-hydroxylation sites is 1. The number of aryl methyl sites for hydroxylation is 1. The highest BCUT2D eigenvalue weighted by atomic mass is 16.5. The Balaban J connectivity index is 1.41. The number of carbonyl (C=O) groups excluding carboxylic acids is 1. The Morgan fingerprint density at radius 3 is 2.68 bits per heavy atom. The minimum absolute atomic E-state index is 0.110. The van der Waals surface area contributed by atoms with Crippen LogP contribution in [0, 0.1) is 0 Å². The van der Waals surface area contributed by atoms with Crippen LogP contribution >= 0.6 is 0 Å². The monoisotopic (exact) mass is 367 g/mol. The maximum atomic E-state index is 13.1. The van der Waals surface area contributed by atoms with Crippen LogP contribution in [0.15, 0.2) is 72.7 Å². The van der Waals surface area contributed by atoms with Crippen molar-refractivity contribution < 1.29 is 9.53 Å². The zero-order valence-corrected chi connectivity index (χ0v) is 15.1. The first-order valence-electron chi connectivity index (χ1n) is 9.17. The SMILES string of the molecule is O=C1/C(=C/c2ccc(Oc3cnccn3)cc2)CCc2[nH]c3ccccc3c21. The Morgan fingerprint density at radius 1 is 1.00 bits per heavy atom. The fraction of sp³-hybridized carbons (Fsp3) is 0.0870. The molecule has 5 rings (SSSR count). The number of ketones is 1. The van der Waals surface area contributed by atoms with Crippen LogP contribution in [-0.4, -0.2) is 20.7 Å². The number of nitrogens with zero attached hydrogens (tertiary/aromatic N) is 2. The van der Waals surface area contributed by atoms with Gasteiger partial charge in [0.15, 0.2) is 5.78 Å². The number of nitrogens with one attached hydrogen (secondary N) is 1. The van der Waals surface area contributed by atoms with Gasteiger partial charge in [-0.25, -0.2) is 4.98 Å². The van der Waals surface area contributed by atoms with Gasteiger partial charge in [0.1, 0.15) is 5.75 Å². The third-order valence-electron chi connectivity index (χ3n) is 4.93. The van der Waals surface area contributed by atoms with Crippen molar-refractivity contribution in [3.05, 3.63) is 89.5 Å². The van der Waals surface area contributed by atoms with Gasteiger partial charge in [-0.3, -0.25) is 9.78 Å². The molecule has 0 saturated carbocycles. The first-order chi connectivity index (χ1) is 13.8. The number of carbonyl (C=O) groups is 1. The van der Waals surface area contributed by atoms with E-state index < -0.39 is 0 Å². The number of ether oxygens (including phenoxy) is 1. The molecule has 28 heavy (non-hydrogen) atoms. The Bertz CT molecular complexity index is 1190. The van der Waals surface area contributed by atoms with Crippen molar-refractivity contribution in [2.75, 3.05) is 0 Å². The van der Waals surface area contributed by atoms with Gasteiger partial charge in [-0.15, -0.1) is 0 Å². The fourth-order valence-corrected chi connectivity index (χ4v) is 3.61. The van der Waals surface area contributed by atoms with Crippen LogP contribution in [0.5, 0.6) is 11.6 Å². The molecular weight excluding hydrogens is 350 g/mol. The van der Waals surface area contributed by atoms with E-state index in [0.29, 0.717) is 11.6 Å². The minimum Gasteiger partial charge on any atom is -0.438 e. The van der Waals surface area contributed by atoms with E-state index in [4.69, 9.17) is 4.74 Å². The van der Waals surface area contributed by atoms with E-state index >= 15 is 0 Å². The minimum atomic E-state index is 0.110. The summed E-state index contributed by atoms with van der Waals surface area (Å²) in [5.74, 6) is 1.23. The predicted molar refractivity (Wildman–Crippen MR) is 107 cm³/mol. The lowest BCUT2D eigenvalue weighted by Gasteiger charge is -2.14. The molecule has 0 saturated heterocycles. The number of hydrogen-bond acceptors (Lipinski definition) is 4. The molecule has 0 spiro atoms. The highest BCUT2D eigenvalue weighted by Crippen LogP contribution is 2.32. The molecule has 2 heterocycles. The number of aromatic nitrogens is 3. The Labute approximate surface area is 161 Å². The van der Waals surface area contributed by atoms with Gasteiger partial charge >= 0.3 is 0 Å². The second-order valence-corrected chi connectivity index (χ2v) is 6.74. The molecular formula is C23H17N3O2. The van der Waals surface area contributed by atoms with Crippen molar-refractivity contribution in [3.63, 3.8) is 0 Å². The number of rotatable bonds is 3. The summed E-state index contributed by atoms with van der Waals surface area (Å²) < 4.78 is 5.66. The number of hydrogen-bond donors (Lipinski definition) is 1. The lowest BCUT2D eigenvalue weighted by molar-refractivity contribution is 0.102. The van der Waals surface area contributed by atoms with Crippen LogP contribution in [0.25, 0.3) is 17.0 Å². The van der Waals surface area contributed by atoms with Gasteiger partial charge in [0.2, 0.25) is 5.88 Å². The molecule has 1 aliphatic rings. The number of H-pyrrole nitrogens is 1. The zero-order valence-electron chi connectivity index (χ0n) is 15.1. The molecule has 2 aromatic carbocycles. The summed E-state index contributed by atoms with van der Waals surface area (Å²) >= 11 is 0. The van der Waals surface area contributed by atoms with E-state index in [-0.39, 0.29) is 5.78 Å². The molecule has 136 valence electrons. The number of aromatic amines is 1. The molecule has 0 bridgehead atoms. The lowest BCUT2D eigenvalue weighted by Crippen LogP contribution is -2.13. The smallest absolute Gasteiger partial charge is 0.237 e. The summed E-state index contributed by atoms with van der Waals surface area (Å²) in [4.78, 5) is 24.5. The first kappa shape index (κ1) is 16.4. The Hall–Kier alpha value is -3.73. The quantitative estimate of drug-likeness (QED) is 0.520. The lowest BCUT2D eigenvalue weighted by atomic mass is 9.88. The van der Waals surface area contributed by atoms with Gasteiger partial charge in [-0.05, 0) is 42.7 Å². The van der Waals surface area contributed by atoms with Gasteiger partial charge in [-0.2, -0.15) is 0 Å². The molecule has 0 aliphatic heterocycles. The molecule has 0 unspecified atom stereocenters. The average Bonchev–Trinajstić information content (AvgIpc) is 3.12. The Kier molecular flexibility index (Phi) is 3.98. The summed E-state index contributed by atoms with van der Waals surface area (Å²) in [6.45, 7) is 0. The van der Waals surface area contributed by atoms with Crippen molar-refractivity contribution in [1.29, 1.82) is 0 Å². The molecule has 2 aromatic heterocycles.